The molecule has 0 heterocycles. The smallest absolute Gasteiger partial charge is 0.202 e. The summed E-state index contributed by atoms with van der Waals surface area (Å²) in [5.74, 6) is 0.602. The van der Waals surface area contributed by atoms with Crippen molar-refractivity contribution in [2.45, 2.75) is 4.84 Å². The first-order valence-electron chi connectivity index (χ1n) is 1.79. The third-order valence-corrected chi connectivity index (χ3v) is 1.44. The second kappa shape index (κ2) is 4.53. The van der Waals surface area contributed by atoms with Gasteiger partial charge in [-0.1, -0.05) is 6.08 Å². The summed E-state index contributed by atoms with van der Waals surface area (Å²) in [6.45, 7) is 3.40. The SMILES string of the molecule is C=CCSC(F)[S]. The minimum absolute atomic E-state index is 0.602. The number of hydrogen-bond donors (Lipinski definition) is 0. The van der Waals surface area contributed by atoms with Crippen molar-refractivity contribution >= 4 is 24.4 Å². The van der Waals surface area contributed by atoms with E-state index >= 15 is 0 Å². The van der Waals surface area contributed by atoms with Crippen molar-refractivity contribution in [2.24, 2.45) is 0 Å². The van der Waals surface area contributed by atoms with Gasteiger partial charge in [0.2, 0.25) is 4.84 Å². The van der Waals surface area contributed by atoms with Crippen LogP contribution in [0, 0.1) is 0 Å². The molecule has 1 atom stereocenters. The third kappa shape index (κ3) is 6.37. The van der Waals surface area contributed by atoms with E-state index in [4.69, 9.17) is 0 Å². The molecule has 0 nitrogen and oxygen atoms in total. The molecule has 0 spiro atoms. The van der Waals surface area contributed by atoms with Crippen molar-refractivity contribution < 1.29 is 4.39 Å². The van der Waals surface area contributed by atoms with Crippen LogP contribution in [-0.4, -0.2) is 10.6 Å². The third-order valence-electron chi connectivity index (χ3n) is 0.345. The van der Waals surface area contributed by atoms with Crippen molar-refractivity contribution in [3.63, 3.8) is 0 Å². The first-order valence-corrected chi connectivity index (χ1v) is 3.31. The lowest BCUT2D eigenvalue weighted by atomic mass is 10.8. The van der Waals surface area contributed by atoms with Gasteiger partial charge in [0, 0.05) is 5.75 Å². The highest BCUT2D eigenvalue weighted by Gasteiger charge is 1.94. The molecule has 0 aliphatic carbocycles. The molecule has 0 N–H and O–H groups in total. The van der Waals surface area contributed by atoms with E-state index in [2.05, 4.69) is 19.2 Å². The fraction of sp³-hybridized carbons (Fsp3) is 0.500. The molecule has 1 unspecified atom stereocenters. The number of halogens is 1. The highest BCUT2D eigenvalue weighted by Crippen LogP contribution is 2.14. The maximum atomic E-state index is 11.6. The van der Waals surface area contributed by atoms with Crippen LogP contribution in [0.2, 0.25) is 0 Å². The molecule has 0 fully saturated rings. The summed E-state index contributed by atoms with van der Waals surface area (Å²) < 4.78 is 11.6. The van der Waals surface area contributed by atoms with E-state index in [1.165, 1.54) is 0 Å². The maximum Gasteiger partial charge on any atom is 0.202 e. The Bertz CT molecular complexity index is 53.7. The monoisotopic (exact) mass is 137 g/mol. The van der Waals surface area contributed by atoms with Gasteiger partial charge in [0.05, 0.1) is 0 Å². The molecule has 0 bridgehead atoms. The first-order chi connectivity index (χ1) is 3.27. The van der Waals surface area contributed by atoms with Crippen molar-refractivity contribution in [3.8, 4) is 0 Å². The standard InChI is InChI=1S/C4H6FS2/c1-2-3-7-4(5)6/h2,4H,1,3H2. The molecule has 0 saturated carbocycles. The lowest BCUT2D eigenvalue weighted by Crippen LogP contribution is -1.78. The van der Waals surface area contributed by atoms with E-state index in [-0.39, 0.29) is 0 Å². The highest BCUT2D eigenvalue weighted by molar-refractivity contribution is 8.10. The second-order valence-corrected chi connectivity index (χ2v) is 2.69. The van der Waals surface area contributed by atoms with E-state index in [0.717, 1.165) is 11.8 Å². The van der Waals surface area contributed by atoms with Crippen molar-refractivity contribution in [3.05, 3.63) is 12.7 Å². The zero-order chi connectivity index (χ0) is 5.70. The largest absolute Gasteiger partial charge is 0.223 e. The average Bonchev–Trinajstić information content (AvgIpc) is 1.61. The molecular formula is C4H6FS2. The summed E-state index contributed by atoms with van der Waals surface area (Å²) in [6.07, 6.45) is 1.63. The van der Waals surface area contributed by atoms with Gasteiger partial charge in [0.25, 0.3) is 0 Å². The average molecular weight is 137 g/mol. The molecule has 41 valence electrons. The van der Waals surface area contributed by atoms with E-state index in [1.807, 2.05) is 0 Å². The van der Waals surface area contributed by atoms with Crippen molar-refractivity contribution in [1.82, 2.24) is 0 Å². The molecule has 0 rings (SSSR count). The summed E-state index contributed by atoms with van der Waals surface area (Å²) in [7, 11) is 0. The normalized spacial score (nSPS) is 13.4. The van der Waals surface area contributed by atoms with E-state index < -0.39 is 4.84 Å². The molecule has 0 aromatic heterocycles. The topological polar surface area (TPSA) is 0 Å². The summed E-state index contributed by atoms with van der Waals surface area (Å²) in [6, 6.07) is 0. The van der Waals surface area contributed by atoms with E-state index in [0.29, 0.717) is 5.75 Å². The molecular weight excluding hydrogens is 131 g/mol. The van der Waals surface area contributed by atoms with Gasteiger partial charge in [-0.3, -0.25) is 0 Å². The predicted molar refractivity (Wildman–Crippen MR) is 35.1 cm³/mol. The molecule has 3 heteroatoms. The van der Waals surface area contributed by atoms with Gasteiger partial charge in [0.1, 0.15) is 0 Å². The van der Waals surface area contributed by atoms with Crippen LogP contribution in [0.4, 0.5) is 4.39 Å². The first kappa shape index (κ1) is 7.37. The molecule has 0 amide bonds. The van der Waals surface area contributed by atoms with Crippen LogP contribution in [0.15, 0.2) is 12.7 Å². The Hall–Kier alpha value is 0.370. The van der Waals surface area contributed by atoms with Gasteiger partial charge in [-0.25, -0.2) is 4.39 Å². The van der Waals surface area contributed by atoms with Gasteiger partial charge in [0.15, 0.2) is 0 Å². The predicted octanol–water partition coefficient (Wildman–Crippen LogP) is 2.36. The summed E-state index contributed by atoms with van der Waals surface area (Å²) in [5.41, 5.74) is 0. The molecule has 0 aliphatic heterocycles. The molecule has 0 aliphatic rings. The van der Waals surface area contributed by atoms with Gasteiger partial charge in [-0.05, 0) is 12.6 Å². The fourth-order valence-corrected chi connectivity index (χ4v) is 0.667. The van der Waals surface area contributed by atoms with Gasteiger partial charge in [-0.15, -0.1) is 18.3 Å². The van der Waals surface area contributed by atoms with E-state index in [1.54, 1.807) is 6.08 Å². The van der Waals surface area contributed by atoms with Gasteiger partial charge >= 0.3 is 0 Å². The van der Waals surface area contributed by atoms with Gasteiger partial charge in [-0.2, -0.15) is 0 Å². The Balaban J connectivity index is 2.81. The van der Waals surface area contributed by atoms with Crippen molar-refractivity contribution in [2.75, 3.05) is 5.75 Å². The molecule has 0 aromatic rings. The van der Waals surface area contributed by atoms with Crippen LogP contribution < -0.4 is 0 Å². The quantitative estimate of drug-likeness (QED) is 0.538. The fourth-order valence-electron chi connectivity index (χ4n) is 0.144. The molecule has 1 radical (unpaired) electrons. The number of alkyl halides is 1. The Morgan fingerprint density at radius 3 is 2.71 bits per heavy atom. The van der Waals surface area contributed by atoms with Crippen LogP contribution in [0.25, 0.3) is 0 Å². The molecule has 7 heavy (non-hydrogen) atoms. The number of rotatable bonds is 3. The molecule has 0 saturated heterocycles. The minimum Gasteiger partial charge on any atom is -0.223 e. The highest BCUT2D eigenvalue weighted by atomic mass is 32.2. The Kier molecular flexibility index (Phi) is 4.77. The second-order valence-electron chi connectivity index (χ2n) is 0.896. The lowest BCUT2D eigenvalue weighted by molar-refractivity contribution is 0.571. The minimum atomic E-state index is -1.17. The van der Waals surface area contributed by atoms with Crippen LogP contribution in [-0.2, 0) is 0 Å². The summed E-state index contributed by atoms with van der Waals surface area (Å²) in [5, 5.41) is 0. The number of hydrogen-bond acceptors (Lipinski definition) is 1. The van der Waals surface area contributed by atoms with Crippen LogP contribution >= 0.6 is 24.4 Å². The zero-order valence-corrected chi connectivity index (χ0v) is 5.40. The number of thioether (sulfide) groups is 1. The summed E-state index contributed by atoms with van der Waals surface area (Å²) in [4.78, 5) is -1.17. The lowest BCUT2D eigenvalue weighted by Gasteiger charge is -1.91. The van der Waals surface area contributed by atoms with Crippen LogP contribution in [0.5, 0.6) is 0 Å². The van der Waals surface area contributed by atoms with Crippen LogP contribution in [0.1, 0.15) is 0 Å². The maximum absolute atomic E-state index is 11.6. The van der Waals surface area contributed by atoms with E-state index in [9.17, 15) is 4.39 Å². The Labute approximate surface area is 52.6 Å². The van der Waals surface area contributed by atoms with Crippen LogP contribution in [0.3, 0.4) is 0 Å². The summed E-state index contributed by atoms with van der Waals surface area (Å²) >= 11 is 5.25. The molecule has 0 aromatic carbocycles. The van der Waals surface area contributed by atoms with Crippen molar-refractivity contribution in [1.29, 1.82) is 0 Å². The zero-order valence-electron chi connectivity index (χ0n) is 3.76. The Morgan fingerprint density at radius 2 is 2.57 bits per heavy atom. The Morgan fingerprint density at radius 1 is 2.00 bits per heavy atom. The van der Waals surface area contributed by atoms with Gasteiger partial charge < -0.3 is 0 Å².